The quantitative estimate of drug-likeness (QED) is 0.755. The molecule has 0 aliphatic rings. The summed E-state index contributed by atoms with van der Waals surface area (Å²) >= 11 is 0. The minimum atomic E-state index is -3.51. The fourth-order valence-electron chi connectivity index (χ4n) is 0.984. The fourth-order valence-corrected chi connectivity index (χ4v) is 1.91. The standard InChI is InChI=1S/C9H12N2O5S/c1-16-4-5-17(14,15)11-8-3-2-7(6-10-8)9(12)13/h2-3,6H,4-5H2,1H3,(H,10,11)(H,12,13). The molecule has 94 valence electrons. The Kier molecular flexibility index (Phi) is 4.41. The summed E-state index contributed by atoms with van der Waals surface area (Å²) in [5.74, 6) is -1.23. The Morgan fingerprint density at radius 2 is 2.24 bits per heavy atom. The van der Waals surface area contributed by atoms with E-state index in [-0.39, 0.29) is 23.7 Å². The molecule has 1 aromatic heterocycles. The van der Waals surface area contributed by atoms with Crippen molar-refractivity contribution in [3.63, 3.8) is 0 Å². The van der Waals surface area contributed by atoms with E-state index in [1.807, 2.05) is 0 Å². The lowest BCUT2D eigenvalue weighted by Gasteiger charge is -2.06. The van der Waals surface area contributed by atoms with Gasteiger partial charge < -0.3 is 9.84 Å². The first-order valence-corrected chi connectivity index (χ1v) is 6.28. The molecule has 0 fully saturated rings. The molecular formula is C9H12N2O5S. The highest BCUT2D eigenvalue weighted by molar-refractivity contribution is 7.92. The number of carboxylic acid groups (broad SMARTS) is 1. The van der Waals surface area contributed by atoms with Gasteiger partial charge in [-0.15, -0.1) is 0 Å². The molecule has 1 rings (SSSR count). The maximum absolute atomic E-state index is 11.4. The van der Waals surface area contributed by atoms with E-state index in [4.69, 9.17) is 5.11 Å². The number of anilines is 1. The van der Waals surface area contributed by atoms with Crippen LogP contribution < -0.4 is 4.72 Å². The van der Waals surface area contributed by atoms with E-state index < -0.39 is 16.0 Å². The largest absolute Gasteiger partial charge is 0.478 e. The SMILES string of the molecule is COCCS(=O)(=O)Nc1ccc(C(=O)O)cn1. The molecule has 0 aliphatic carbocycles. The highest BCUT2D eigenvalue weighted by Gasteiger charge is 2.11. The second-order valence-corrected chi connectivity index (χ2v) is 4.99. The summed E-state index contributed by atoms with van der Waals surface area (Å²) in [6.45, 7) is 0.0720. The van der Waals surface area contributed by atoms with Gasteiger partial charge in [0.1, 0.15) is 5.82 Å². The van der Waals surface area contributed by atoms with Gasteiger partial charge in [-0.3, -0.25) is 4.72 Å². The number of nitrogens with zero attached hydrogens (tertiary/aromatic N) is 1. The van der Waals surface area contributed by atoms with Gasteiger partial charge in [-0.05, 0) is 12.1 Å². The molecule has 7 nitrogen and oxygen atoms in total. The molecule has 0 spiro atoms. The Hall–Kier alpha value is -1.67. The lowest BCUT2D eigenvalue weighted by Crippen LogP contribution is -2.20. The number of hydrogen-bond donors (Lipinski definition) is 2. The van der Waals surface area contributed by atoms with Crippen LogP contribution in [0.5, 0.6) is 0 Å². The first kappa shape index (κ1) is 13.4. The van der Waals surface area contributed by atoms with E-state index in [0.29, 0.717) is 0 Å². The Labute approximate surface area is 98.5 Å². The number of aromatic nitrogens is 1. The zero-order chi connectivity index (χ0) is 12.9. The van der Waals surface area contributed by atoms with Crippen LogP contribution in [0.15, 0.2) is 18.3 Å². The maximum Gasteiger partial charge on any atom is 0.337 e. The molecule has 0 atom stereocenters. The minimum absolute atomic E-state index is 0.00941. The molecule has 1 aromatic rings. The first-order chi connectivity index (χ1) is 7.94. The van der Waals surface area contributed by atoms with Gasteiger partial charge in [0.15, 0.2) is 0 Å². The molecular weight excluding hydrogens is 248 g/mol. The van der Waals surface area contributed by atoms with Gasteiger partial charge in [-0.2, -0.15) is 0 Å². The molecule has 0 saturated heterocycles. The number of aromatic carboxylic acids is 1. The predicted octanol–water partition coefficient (Wildman–Crippen LogP) is 0.168. The number of ether oxygens (including phenoxy) is 1. The number of sulfonamides is 1. The zero-order valence-corrected chi connectivity index (χ0v) is 9.90. The van der Waals surface area contributed by atoms with Crippen LogP contribution in [-0.2, 0) is 14.8 Å². The van der Waals surface area contributed by atoms with Crippen LogP contribution in [0.4, 0.5) is 5.82 Å². The van der Waals surface area contributed by atoms with Crippen LogP contribution in [0.3, 0.4) is 0 Å². The second kappa shape index (κ2) is 5.60. The summed E-state index contributed by atoms with van der Waals surface area (Å²) in [5.41, 5.74) is -0.00941. The van der Waals surface area contributed by atoms with Crippen LogP contribution in [-0.4, -0.2) is 43.9 Å². The van der Waals surface area contributed by atoms with Gasteiger partial charge in [0.25, 0.3) is 0 Å². The van der Waals surface area contributed by atoms with Gasteiger partial charge in [-0.1, -0.05) is 0 Å². The van der Waals surface area contributed by atoms with Gasteiger partial charge in [0, 0.05) is 13.3 Å². The Morgan fingerprint density at radius 1 is 1.53 bits per heavy atom. The van der Waals surface area contributed by atoms with Crippen molar-refractivity contribution in [1.29, 1.82) is 0 Å². The van der Waals surface area contributed by atoms with Crippen LogP contribution in [0.1, 0.15) is 10.4 Å². The first-order valence-electron chi connectivity index (χ1n) is 4.63. The number of rotatable bonds is 6. The molecule has 0 amide bonds. The molecule has 0 aliphatic heterocycles. The molecule has 17 heavy (non-hydrogen) atoms. The molecule has 0 unspecified atom stereocenters. The summed E-state index contributed by atoms with van der Waals surface area (Å²) in [5, 5.41) is 8.63. The number of carboxylic acids is 1. The molecule has 0 saturated carbocycles. The average molecular weight is 260 g/mol. The topological polar surface area (TPSA) is 106 Å². The number of pyridine rings is 1. The molecule has 8 heteroatoms. The van der Waals surface area contributed by atoms with Crippen LogP contribution in [0, 0.1) is 0 Å². The number of carbonyl (C=O) groups is 1. The van der Waals surface area contributed by atoms with Crippen molar-refractivity contribution < 1.29 is 23.1 Å². The van der Waals surface area contributed by atoms with E-state index in [1.54, 1.807) is 0 Å². The third-order valence-corrected chi connectivity index (χ3v) is 3.05. The fraction of sp³-hybridized carbons (Fsp3) is 0.333. The third kappa shape index (κ3) is 4.37. The van der Waals surface area contributed by atoms with Gasteiger partial charge in [0.05, 0.1) is 17.9 Å². The van der Waals surface area contributed by atoms with E-state index in [0.717, 1.165) is 6.20 Å². The predicted molar refractivity (Wildman–Crippen MR) is 60.5 cm³/mol. The minimum Gasteiger partial charge on any atom is -0.478 e. The zero-order valence-electron chi connectivity index (χ0n) is 9.08. The highest BCUT2D eigenvalue weighted by atomic mass is 32.2. The van der Waals surface area contributed by atoms with Gasteiger partial charge in [0.2, 0.25) is 10.0 Å². The summed E-state index contributed by atoms with van der Waals surface area (Å²) in [7, 11) is -2.12. The van der Waals surface area contributed by atoms with E-state index in [1.165, 1.54) is 19.2 Å². The highest BCUT2D eigenvalue weighted by Crippen LogP contribution is 2.07. The monoisotopic (exact) mass is 260 g/mol. The Balaban J connectivity index is 2.72. The van der Waals surface area contributed by atoms with Gasteiger partial charge in [-0.25, -0.2) is 18.2 Å². The van der Waals surface area contributed by atoms with Crippen molar-refractivity contribution in [2.75, 3.05) is 24.2 Å². The lowest BCUT2D eigenvalue weighted by atomic mass is 10.3. The van der Waals surface area contributed by atoms with E-state index in [9.17, 15) is 13.2 Å². The molecule has 0 bridgehead atoms. The van der Waals surface area contributed by atoms with Crippen molar-refractivity contribution in [3.05, 3.63) is 23.9 Å². The molecule has 0 aromatic carbocycles. The third-order valence-electron chi connectivity index (χ3n) is 1.83. The Morgan fingerprint density at radius 3 is 2.71 bits per heavy atom. The van der Waals surface area contributed by atoms with Crippen molar-refractivity contribution in [3.8, 4) is 0 Å². The Bertz CT molecular complexity index is 483. The average Bonchev–Trinajstić information content (AvgIpc) is 2.26. The smallest absolute Gasteiger partial charge is 0.337 e. The van der Waals surface area contributed by atoms with Crippen LogP contribution in [0.25, 0.3) is 0 Å². The van der Waals surface area contributed by atoms with Crippen molar-refractivity contribution in [2.45, 2.75) is 0 Å². The van der Waals surface area contributed by atoms with Crippen LogP contribution in [0.2, 0.25) is 0 Å². The molecule has 0 radical (unpaired) electrons. The second-order valence-electron chi connectivity index (χ2n) is 3.15. The summed E-state index contributed by atoms with van der Waals surface area (Å²) in [6.07, 6.45) is 1.08. The van der Waals surface area contributed by atoms with Crippen molar-refractivity contribution >= 4 is 21.8 Å². The summed E-state index contributed by atoms with van der Waals surface area (Å²) in [4.78, 5) is 14.2. The number of methoxy groups -OCH3 is 1. The van der Waals surface area contributed by atoms with Gasteiger partial charge >= 0.3 is 5.97 Å². The normalized spacial score (nSPS) is 11.1. The number of nitrogens with one attached hydrogen (secondary N) is 1. The number of hydrogen-bond acceptors (Lipinski definition) is 5. The van der Waals surface area contributed by atoms with E-state index in [2.05, 4.69) is 14.4 Å². The van der Waals surface area contributed by atoms with Crippen molar-refractivity contribution in [1.82, 2.24) is 4.98 Å². The van der Waals surface area contributed by atoms with E-state index >= 15 is 0 Å². The molecule has 1 heterocycles. The van der Waals surface area contributed by atoms with Crippen LogP contribution >= 0.6 is 0 Å². The summed E-state index contributed by atoms with van der Waals surface area (Å²) in [6, 6.07) is 2.55. The van der Waals surface area contributed by atoms with Crippen molar-refractivity contribution in [2.24, 2.45) is 0 Å². The maximum atomic E-state index is 11.4. The lowest BCUT2D eigenvalue weighted by molar-refractivity contribution is 0.0696. The molecule has 2 N–H and O–H groups in total. The summed E-state index contributed by atoms with van der Waals surface area (Å²) < 4.78 is 29.7.